The summed E-state index contributed by atoms with van der Waals surface area (Å²) < 4.78 is 66.1. The molecule has 502 valence electrons. The number of hydrogen-bond donors (Lipinski definition) is 1. The van der Waals surface area contributed by atoms with E-state index in [-0.39, 0.29) is 123 Å². The monoisotopic (exact) mass is 1270 g/mol. The number of unbranched alkanes of at least 4 members (excludes halogenated alkanes) is 1. The van der Waals surface area contributed by atoms with Crippen LogP contribution in [0.2, 0.25) is 0 Å². The fraction of sp³-hybridized carbons (Fsp3) is 0.776. The van der Waals surface area contributed by atoms with E-state index in [1.807, 2.05) is 19.9 Å². The Kier molecular flexibility index (Phi) is 51.9. The Morgan fingerprint density at radius 2 is 1.06 bits per heavy atom. The molecule has 0 radical (unpaired) electrons. The van der Waals surface area contributed by atoms with Crippen LogP contribution in [-0.2, 0) is 75.6 Å². The number of rotatable bonds is 30. The number of ether oxygens (including phenoxy) is 7. The molecule has 1 N–H and O–H groups in total. The van der Waals surface area contributed by atoms with Gasteiger partial charge in [-0.05, 0) is 116 Å². The van der Waals surface area contributed by atoms with Gasteiger partial charge in [0, 0.05) is 70.8 Å². The Morgan fingerprint density at radius 1 is 0.655 bits per heavy atom. The number of ketones is 3. The average molecular weight is 1270 g/mol. The zero-order valence-corrected chi connectivity index (χ0v) is 58.0. The summed E-state index contributed by atoms with van der Waals surface area (Å²) in [6.45, 7) is 37.6. The molecule has 20 heteroatoms. The van der Waals surface area contributed by atoms with E-state index in [0.29, 0.717) is 50.9 Å². The molecule has 2 spiro atoms. The van der Waals surface area contributed by atoms with Gasteiger partial charge in [0.05, 0.1) is 72.1 Å². The smallest absolute Gasteiger partial charge is 0.469 e. The van der Waals surface area contributed by atoms with Gasteiger partial charge in [0.1, 0.15) is 23.8 Å². The van der Waals surface area contributed by atoms with Crippen molar-refractivity contribution < 1.29 is 99.5 Å². The second kappa shape index (κ2) is 49.8. The molecule has 87 heavy (non-hydrogen) atoms. The van der Waals surface area contributed by atoms with Crippen LogP contribution >= 0.6 is 14.5 Å². The molecule has 0 aromatic carbocycles. The minimum Gasteiger partial charge on any atom is -0.469 e. The van der Waals surface area contributed by atoms with Crippen LogP contribution in [0.25, 0.3) is 0 Å². The number of esters is 3. The number of methoxy groups -OCH3 is 2. The van der Waals surface area contributed by atoms with E-state index >= 15 is 0 Å². The molecule has 5 unspecified atom stereocenters. The molecule has 2 aliphatic heterocycles. The van der Waals surface area contributed by atoms with Gasteiger partial charge in [0.25, 0.3) is 0 Å². The summed E-state index contributed by atoms with van der Waals surface area (Å²) in [5.74, 6) is -0.574. The molecule has 0 amide bonds. The van der Waals surface area contributed by atoms with E-state index < -0.39 is 32.2 Å². The summed E-state index contributed by atoms with van der Waals surface area (Å²) in [5, 5.41) is 8.71. The Morgan fingerprint density at radius 3 is 1.38 bits per heavy atom. The van der Waals surface area contributed by atoms with Crippen LogP contribution in [0.1, 0.15) is 217 Å². The van der Waals surface area contributed by atoms with E-state index in [9.17, 15) is 37.9 Å². The maximum Gasteiger partial charge on any atom is 1.00 e. The van der Waals surface area contributed by atoms with Crippen LogP contribution in [0.3, 0.4) is 0 Å². The van der Waals surface area contributed by atoms with Crippen LogP contribution in [-0.4, -0.2) is 136 Å². The van der Waals surface area contributed by atoms with Gasteiger partial charge < -0.3 is 51.9 Å². The Bertz CT molecular complexity index is 2060. The van der Waals surface area contributed by atoms with Crippen LogP contribution < -0.4 is 18.9 Å². The van der Waals surface area contributed by atoms with Gasteiger partial charge in [-0.15, -0.1) is 26.3 Å². The van der Waals surface area contributed by atoms with Gasteiger partial charge in [0.2, 0.25) is 0 Å². The van der Waals surface area contributed by atoms with Gasteiger partial charge in [0.15, 0.2) is 17.4 Å². The van der Waals surface area contributed by atoms with E-state index in [1.54, 1.807) is 25.5 Å². The molecule has 2 aliphatic carbocycles. The molecule has 4 aliphatic rings. The predicted molar refractivity (Wildman–Crippen MR) is 348 cm³/mol. The second-order valence-electron chi connectivity index (χ2n) is 24.0. The van der Waals surface area contributed by atoms with Crippen molar-refractivity contribution in [3.8, 4) is 0 Å². The number of allylic oxidation sites excluding steroid dienone is 3. The molecule has 2 heterocycles. The first-order chi connectivity index (χ1) is 39.8. The topological polar surface area (TPSA) is 231 Å². The van der Waals surface area contributed by atoms with Gasteiger partial charge in [-0.2, -0.15) is 0 Å². The maximum absolute atomic E-state index is 12.2. The van der Waals surface area contributed by atoms with Crippen LogP contribution in [0.4, 0.5) is 0 Å². The van der Waals surface area contributed by atoms with Crippen molar-refractivity contribution >= 4 is 49.8 Å². The van der Waals surface area contributed by atoms with Crippen molar-refractivity contribution in [2.45, 2.75) is 265 Å². The summed E-state index contributed by atoms with van der Waals surface area (Å²) in [4.78, 5) is 68.7. The van der Waals surface area contributed by atoms with E-state index in [0.717, 1.165) is 95.8 Å². The number of Topliss-reactive ketones (excluding diaryl/α,β-unsaturated/α-hetero) is 3. The van der Waals surface area contributed by atoms with Crippen LogP contribution in [0.15, 0.2) is 50.6 Å². The van der Waals surface area contributed by atoms with Gasteiger partial charge >= 0.3 is 36.8 Å². The van der Waals surface area contributed by atoms with Crippen molar-refractivity contribution in [2.24, 2.45) is 23.7 Å². The van der Waals surface area contributed by atoms with Crippen molar-refractivity contribution in [3.63, 3.8) is 0 Å². The first-order valence-electron chi connectivity index (χ1n) is 31.0. The van der Waals surface area contributed by atoms with Gasteiger partial charge in [-0.1, -0.05) is 92.5 Å². The molecular weight excluding hydrogens is 1150 g/mol. The summed E-state index contributed by atoms with van der Waals surface area (Å²) >= 11 is 0. The third-order valence-corrected chi connectivity index (χ3v) is 17.0. The average Bonchev–Trinajstić information content (AvgIpc) is 2.58. The molecule has 4 fully saturated rings. The normalized spacial score (nSPS) is 21.3. The molecule has 17 nitrogen and oxygen atoms in total. The van der Waals surface area contributed by atoms with Crippen molar-refractivity contribution in [1.29, 1.82) is 0 Å². The molecule has 0 bridgehead atoms. The SMILES string of the molecule is C.C=CC[C@@H](C)C(=O)CCC1CC(CC(=O)OC)OC2(CCCC2)O1.C=CC[C@@H](C)C(=O)CP(C)(C)=O.C=CC[C@@H](C)CC.C=CC[C@@H](O)C(C)=O.CCCC[C@@H](C)[C@@H](CCC1CC(CC(=O)OC)OC2(CCCC2)O1)OC(C)=O.[CH2-]P(C)(=O)OC.[Li+]. The number of carbonyl (C=O) groups excluding carboxylic acids is 6. The maximum atomic E-state index is 12.2. The minimum atomic E-state index is -2.40. The third-order valence-electron chi connectivity index (χ3n) is 15.2. The number of aliphatic hydroxyl groups excluding tert-OH is 1. The fourth-order valence-corrected chi connectivity index (χ4v) is 10.9. The Labute approximate surface area is 540 Å². The van der Waals surface area contributed by atoms with Crippen LogP contribution in [0, 0.1) is 30.3 Å². The van der Waals surface area contributed by atoms with Gasteiger partial charge in [-0.3, -0.25) is 35.4 Å². The molecule has 4 rings (SSSR count). The molecule has 11 atom stereocenters. The zero-order valence-electron chi connectivity index (χ0n) is 56.2. The molecule has 2 saturated heterocycles. The standard InChI is InChI=1S/C22H38O6.C19H30O5.C9H17O2P.C7H14.C6H10O2.C3H8O2P.CH4.Li/c1-5-6-9-16(2)20(26-17(3)23)11-10-18-14-19(15-21(24)25-4)28-22(27-18)12-7-8-13-22;1-4-7-14(2)17(20)9-8-15-12-16(13-18(21)22-3)24-19(23-15)10-5-6-11-19;1-5-6-8(2)9(10)7-12(3,4)11;1-4-6-7(3)5-2;1-3-4-6(8)5(2)7;1-5-6(2,3)4;;/h16,18-20H,5-15H2,1-4H3;4,14-16H,1,5-13H2,2-3H3;5,8H,1,6-7H2,2-4H3;4,7H,1,5-6H2,2-3H3;3,6,8H,1,4H2,2H3;2H2,1,3H3;1H4;/q;;;;;-1;;+1/t16-,18?,19?,20-;14-,15?,16?;8-;7-;6-;;;/m11101.../s1. The second-order valence-corrected chi connectivity index (χ2v) is 29.9. The zero-order chi connectivity index (χ0) is 65.4. The van der Waals surface area contributed by atoms with Crippen molar-refractivity contribution in [2.75, 3.05) is 47.5 Å². The number of carbonyl (C=O) groups is 6. The first-order valence-corrected chi connectivity index (χ1v) is 36.0. The van der Waals surface area contributed by atoms with Gasteiger partial charge in [-0.25, -0.2) is 0 Å². The molecule has 2 saturated carbocycles. The number of aliphatic hydroxyl groups is 1. The molecule has 0 aromatic rings. The largest absolute Gasteiger partial charge is 1.00 e. The van der Waals surface area contributed by atoms with E-state index in [1.165, 1.54) is 54.3 Å². The van der Waals surface area contributed by atoms with Crippen molar-refractivity contribution in [3.05, 3.63) is 57.3 Å². The third kappa shape index (κ3) is 44.4. The Balaban J connectivity index is -0.000000523. The predicted octanol–water partition coefficient (Wildman–Crippen LogP) is 12.6. The quantitative estimate of drug-likeness (QED) is 0.0176. The fourth-order valence-electron chi connectivity index (χ4n) is 9.84. The summed E-state index contributed by atoms with van der Waals surface area (Å²) in [7, 11) is -0.396. The summed E-state index contributed by atoms with van der Waals surface area (Å²) in [5.41, 5.74) is 0. The molecular formula is C67H121LiO17P2. The first kappa shape index (κ1) is 90.6. The minimum absolute atomic E-state index is 0. The Hall–Kier alpha value is -2.80. The van der Waals surface area contributed by atoms with E-state index in [4.69, 9.17) is 38.3 Å². The molecule has 0 aromatic heterocycles. The van der Waals surface area contributed by atoms with Crippen molar-refractivity contribution in [1.82, 2.24) is 0 Å². The number of hydrogen-bond acceptors (Lipinski definition) is 17. The van der Waals surface area contributed by atoms with Crippen LogP contribution in [0.5, 0.6) is 0 Å². The van der Waals surface area contributed by atoms with E-state index in [2.05, 4.69) is 65.2 Å². The summed E-state index contributed by atoms with van der Waals surface area (Å²) in [6.07, 6.45) is 25.8. The summed E-state index contributed by atoms with van der Waals surface area (Å²) in [6, 6.07) is 0.